The van der Waals surface area contributed by atoms with Crippen LogP contribution < -0.4 is 5.32 Å². The highest BCUT2D eigenvalue weighted by atomic mass is 32.1. The van der Waals surface area contributed by atoms with Crippen molar-refractivity contribution in [2.45, 2.75) is 26.3 Å². The lowest BCUT2D eigenvalue weighted by Gasteiger charge is -2.34. The summed E-state index contributed by atoms with van der Waals surface area (Å²) in [4.78, 5) is 17.8. The smallest absolute Gasteiger partial charge is 0.238 e. The van der Waals surface area contributed by atoms with E-state index in [0.717, 1.165) is 30.0 Å². The number of fused-ring (bicyclic) bond motifs is 1. The van der Waals surface area contributed by atoms with Gasteiger partial charge in [-0.2, -0.15) is 5.10 Å². The molecule has 26 heavy (non-hydrogen) atoms. The molecule has 0 saturated carbocycles. The van der Waals surface area contributed by atoms with Crippen LogP contribution in [-0.2, 0) is 18.3 Å². The lowest BCUT2D eigenvalue weighted by atomic mass is 9.98. The van der Waals surface area contributed by atoms with E-state index >= 15 is 0 Å². The number of amides is 1. The summed E-state index contributed by atoms with van der Waals surface area (Å²) in [6.45, 7) is 5.18. The Bertz CT molecular complexity index is 926. The molecule has 3 aromatic rings. The van der Waals surface area contributed by atoms with E-state index in [0.29, 0.717) is 6.54 Å². The van der Waals surface area contributed by atoms with Crippen molar-refractivity contribution in [3.05, 3.63) is 55.7 Å². The molecule has 3 aromatic heterocycles. The van der Waals surface area contributed by atoms with Gasteiger partial charge in [0, 0.05) is 23.3 Å². The molecule has 4 rings (SSSR count). The van der Waals surface area contributed by atoms with Crippen molar-refractivity contribution in [1.29, 1.82) is 0 Å². The molecule has 4 heterocycles. The van der Waals surface area contributed by atoms with Crippen molar-refractivity contribution in [2.75, 3.05) is 18.4 Å². The largest absolute Gasteiger partial charge is 0.322 e. The van der Waals surface area contributed by atoms with Crippen molar-refractivity contribution in [3.8, 4) is 0 Å². The molecule has 1 N–H and O–H groups in total. The highest BCUT2D eigenvalue weighted by Gasteiger charge is 2.31. The first kappa shape index (κ1) is 17.5. The zero-order valence-corrected chi connectivity index (χ0v) is 16.8. The van der Waals surface area contributed by atoms with Crippen LogP contribution in [0.4, 0.5) is 5.69 Å². The monoisotopic (exact) mass is 386 g/mol. The average molecular weight is 387 g/mol. The van der Waals surface area contributed by atoms with Gasteiger partial charge in [0.2, 0.25) is 5.91 Å². The van der Waals surface area contributed by atoms with E-state index in [4.69, 9.17) is 0 Å². The highest BCUT2D eigenvalue weighted by Crippen LogP contribution is 2.39. The number of hydrogen-bond donors (Lipinski definition) is 1. The molecule has 0 bridgehead atoms. The van der Waals surface area contributed by atoms with Gasteiger partial charge >= 0.3 is 0 Å². The summed E-state index contributed by atoms with van der Waals surface area (Å²) < 4.78 is 1.80. The third-order valence-corrected chi connectivity index (χ3v) is 6.92. The van der Waals surface area contributed by atoms with Crippen LogP contribution in [0.2, 0.25) is 0 Å². The van der Waals surface area contributed by atoms with E-state index in [1.165, 1.54) is 15.3 Å². The Morgan fingerprint density at radius 1 is 1.31 bits per heavy atom. The second-order valence-corrected chi connectivity index (χ2v) is 8.64. The van der Waals surface area contributed by atoms with Gasteiger partial charge in [0.1, 0.15) is 0 Å². The summed E-state index contributed by atoms with van der Waals surface area (Å²) in [7, 11) is 1.90. The van der Waals surface area contributed by atoms with Gasteiger partial charge in [-0.05, 0) is 48.7 Å². The minimum atomic E-state index is 0.0180. The summed E-state index contributed by atoms with van der Waals surface area (Å²) >= 11 is 3.58. The fourth-order valence-corrected chi connectivity index (χ4v) is 5.42. The molecule has 0 saturated heterocycles. The van der Waals surface area contributed by atoms with E-state index in [-0.39, 0.29) is 11.9 Å². The number of anilines is 1. The number of carbonyl (C=O) groups excluding carboxylic acids is 1. The van der Waals surface area contributed by atoms with Gasteiger partial charge in [0.15, 0.2) is 0 Å². The molecule has 0 spiro atoms. The molecular weight excluding hydrogens is 364 g/mol. The Morgan fingerprint density at radius 2 is 2.15 bits per heavy atom. The molecule has 136 valence electrons. The predicted octanol–water partition coefficient (Wildman–Crippen LogP) is 3.75. The molecule has 1 aliphatic rings. The maximum Gasteiger partial charge on any atom is 0.238 e. The normalized spacial score (nSPS) is 17.3. The minimum Gasteiger partial charge on any atom is -0.322 e. The molecule has 0 aliphatic carbocycles. The topological polar surface area (TPSA) is 50.2 Å². The van der Waals surface area contributed by atoms with Gasteiger partial charge in [-0.1, -0.05) is 6.07 Å². The molecule has 0 fully saturated rings. The molecule has 0 radical (unpaired) electrons. The Morgan fingerprint density at radius 3 is 2.85 bits per heavy atom. The maximum atomic E-state index is 12.8. The summed E-state index contributed by atoms with van der Waals surface area (Å²) in [6.07, 6.45) is 1.01. The number of aryl methyl sites for hydroxylation is 2. The Labute approximate surface area is 161 Å². The first-order valence-corrected chi connectivity index (χ1v) is 10.4. The number of rotatable bonds is 4. The van der Waals surface area contributed by atoms with Crippen molar-refractivity contribution in [1.82, 2.24) is 14.7 Å². The van der Waals surface area contributed by atoms with Crippen LogP contribution in [0.25, 0.3) is 0 Å². The molecule has 0 aromatic carbocycles. The van der Waals surface area contributed by atoms with Crippen LogP contribution in [0.15, 0.2) is 29.0 Å². The minimum absolute atomic E-state index is 0.0180. The van der Waals surface area contributed by atoms with Crippen molar-refractivity contribution in [3.63, 3.8) is 0 Å². The maximum absolute atomic E-state index is 12.8. The van der Waals surface area contributed by atoms with E-state index in [9.17, 15) is 4.79 Å². The van der Waals surface area contributed by atoms with Crippen molar-refractivity contribution < 1.29 is 4.79 Å². The predicted molar refractivity (Wildman–Crippen MR) is 107 cm³/mol. The van der Waals surface area contributed by atoms with Gasteiger partial charge in [-0.15, -0.1) is 22.7 Å². The van der Waals surface area contributed by atoms with E-state index in [2.05, 4.69) is 44.3 Å². The molecule has 1 aliphatic heterocycles. The van der Waals surface area contributed by atoms with Gasteiger partial charge in [0.05, 0.1) is 29.7 Å². The number of hydrogen-bond acceptors (Lipinski definition) is 5. The van der Waals surface area contributed by atoms with Crippen LogP contribution in [0, 0.1) is 13.8 Å². The molecule has 1 atom stereocenters. The SMILES string of the molecule is Cc1nn(C)c(C)c1NC(=O)CN1CCc2sccc2[C@H]1c1cccs1. The summed E-state index contributed by atoms with van der Waals surface area (Å²) in [6, 6.07) is 6.64. The zero-order valence-electron chi connectivity index (χ0n) is 15.2. The van der Waals surface area contributed by atoms with Crippen LogP contribution in [0.5, 0.6) is 0 Å². The number of nitrogens with one attached hydrogen (secondary N) is 1. The van der Waals surface area contributed by atoms with Crippen LogP contribution in [0.1, 0.15) is 32.7 Å². The van der Waals surface area contributed by atoms with Gasteiger partial charge < -0.3 is 5.32 Å². The third-order valence-electron chi connectivity index (χ3n) is 5.00. The summed E-state index contributed by atoms with van der Waals surface area (Å²) in [5, 5.41) is 11.7. The quantitative estimate of drug-likeness (QED) is 0.743. The lowest BCUT2D eigenvalue weighted by molar-refractivity contribution is -0.117. The first-order chi connectivity index (χ1) is 12.5. The second-order valence-electron chi connectivity index (χ2n) is 6.66. The van der Waals surface area contributed by atoms with Crippen LogP contribution >= 0.6 is 22.7 Å². The Hall–Kier alpha value is -1.96. The molecule has 1 amide bonds. The number of carbonyl (C=O) groups is 1. The highest BCUT2D eigenvalue weighted by molar-refractivity contribution is 7.10. The van der Waals surface area contributed by atoms with Gasteiger partial charge in [-0.25, -0.2) is 0 Å². The van der Waals surface area contributed by atoms with E-state index in [1.807, 2.05) is 32.2 Å². The molecular formula is C19H22N4OS2. The van der Waals surface area contributed by atoms with E-state index in [1.54, 1.807) is 16.0 Å². The molecule has 0 unspecified atom stereocenters. The molecule has 5 nitrogen and oxygen atoms in total. The van der Waals surface area contributed by atoms with Crippen LogP contribution in [0.3, 0.4) is 0 Å². The second kappa shape index (κ2) is 6.98. The number of thiophene rings is 2. The third kappa shape index (κ3) is 3.11. The fourth-order valence-electron chi connectivity index (χ4n) is 3.64. The summed E-state index contributed by atoms with van der Waals surface area (Å²) in [5.41, 5.74) is 4.01. The average Bonchev–Trinajstić information content (AvgIpc) is 3.33. The summed E-state index contributed by atoms with van der Waals surface area (Å²) in [5.74, 6) is 0.0180. The van der Waals surface area contributed by atoms with Crippen molar-refractivity contribution >= 4 is 34.3 Å². The Balaban J connectivity index is 1.56. The zero-order chi connectivity index (χ0) is 18.3. The van der Waals surface area contributed by atoms with Gasteiger partial charge in [0.25, 0.3) is 0 Å². The lowest BCUT2D eigenvalue weighted by Crippen LogP contribution is -2.40. The number of aromatic nitrogens is 2. The number of nitrogens with zero attached hydrogens (tertiary/aromatic N) is 3. The van der Waals surface area contributed by atoms with E-state index < -0.39 is 0 Å². The fraction of sp³-hybridized carbons (Fsp3) is 0.368. The molecule has 7 heteroatoms. The Kier molecular flexibility index (Phi) is 4.69. The first-order valence-electron chi connectivity index (χ1n) is 8.68. The van der Waals surface area contributed by atoms with Crippen molar-refractivity contribution in [2.24, 2.45) is 7.05 Å². The standard InChI is InChI=1S/C19H22N4OS2/c1-12-18(13(2)22(3)21-12)20-17(24)11-23-8-6-15-14(7-10-26-15)19(23)16-5-4-9-25-16/h4-5,7,9-10,19H,6,8,11H2,1-3H3,(H,20,24)/t19-/m0/s1. The van der Waals surface area contributed by atoms with Gasteiger partial charge in [-0.3, -0.25) is 14.4 Å². The van der Waals surface area contributed by atoms with Crippen LogP contribution in [-0.4, -0.2) is 33.7 Å².